The van der Waals surface area contributed by atoms with Gasteiger partial charge >= 0.3 is 5.97 Å². The molecule has 1 aromatic rings. The van der Waals surface area contributed by atoms with Crippen LogP contribution in [0.2, 0.25) is 0 Å². The third kappa shape index (κ3) is 4.28. The molecule has 0 bridgehead atoms. The second kappa shape index (κ2) is 7.21. The van der Waals surface area contributed by atoms with Crippen molar-refractivity contribution in [3.8, 4) is 0 Å². The van der Waals surface area contributed by atoms with E-state index in [9.17, 15) is 13.2 Å². The molecule has 1 atom stereocenters. The monoisotopic (exact) mass is 326 g/mol. The summed E-state index contributed by atoms with van der Waals surface area (Å²) in [6.07, 6.45) is 3.41. The lowest BCUT2D eigenvalue weighted by molar-refractivity contribution is 0.0697. The summed E-state index contributed by atoms with van der Waals surface area (Å²) in [5, 5.41) is 8.83. The Morgan fingerprint density at radius 2 is 2.00 bits per heavy atom. The number of rotatable bonds is 6. The summed E-state index contributed by atoms with van der Waals surface area (Å²) in [6, 6.07) is 6.52. The van der Waals surface area contributed by atoms with Crippen molar-refractivity contribution in [1.82, 2.24) is 9.03 Å². The number of carbonyl (C=O) groups is 1. The van der Waals surface area contributed by atoms with Gasteiger partial charge in [-0.1, -0.05) is 18.6 Å². The summed E-state index contributed by atoms with van der Waals surface area (Å²) < 4.78 is 28.7. The molecule has 1 unspecified atom stereocenters. The predicted octanol–water partition coefficient (Wildman–Crippen LogP) is 1.64. The average molecular weight is 326 g/mol. The van der Waals surface area contributed by atoms with Gasteiger partial charge in [-0.3, -0.25) is 0 Å². The molecule has 0 aromatic heterocycles. The molecule has 7 heteroatoms. The number of benzene rings is 1. The smallest absolute Gasteiger partial charge is 0.335 e. The third-order valence-corrected chi connectivity index (χ3v) is 5.68. The molecule has 1 aromatic carbocycles. The zero-order valence-electron chi connectivity index (χ0n) is 12.7. The Hall–Kier alpha value is -1.44. The molecular weight excluding hydrogens is 304 g/mol. The summed E-state index contributed by atoms with van der Waals surface area (Å²) in [4.78, 5) is 10.8. The van der Waals surface area contributed by atoms with Crippen molar-refractivity contribution in [3.05, 3.63) is 35.4 Å². The Morgan fingerprint density at radius 3 is 2.59 bits per heavy atom. The largest absolute Gasteiger partial charge is 0.478 e. The topological polar surface area (TPSA) is 86.7 Å². The maximum absolute atomic E-state index is 12.3. The first-order valence-electron chi connectivity index (χ1n) is 7.49. The van der Waals surface area contributed by atoms with Crippen molar-refractivity contribution in [1.29, 1.82) is 0 Å². The predicted molar refractivity (Wildman–Crippen MR) is 84.0 cm³/mol. The van der Waals surface area contributed by atoms with Gasteiger partial charge in [0.1, 0.15) is 0 Å². The van der Waals surface area contributed by atoms with Crippen molar-refractivity contribution in [2.75, 3.05) is 13.1 Å². The first-order chi connectivity index (χ1) is 10.4. The summed E-state index contributed by atoms with van der Waals surface area (Å²) in [5.41, 5.74) is 1.13. The van der Waals surface area contributed by atoms with E-state index in [-0.39, 0.29) is 11.6 Å². The van der Waals surface area contributed by atoms with Crippen LogP contribution in [0.3, 0.4) is 0 Å². The Kier molecular flexibility index (Phi) is 5.55. The van der Waals surface area contributed by atoms with Crippen molar-refractivity contribution >= 4 is 16.2 Å². The van der Waals surface area contributed by atoms with Crippen LogP contribution in [0.4, 0.5) is 0 Å². The summed E-state index contributed by atoms with van der Waals surface area (Å²) in [6.45, 7) is 2.81. The Labute approximate surface area is 131 Å². The summed E-state index contributed by atoms with van der Waals surface area (Å²) in [5.74, 6) is -0.966. The maximum atomic E-state index is 12.3. The van der Waals surface area contributed by atoms with Crippen molar-refractivity contribution < 1.29 is 18.3 Å². The van der Waals surface area contributed by atoms with Gasteiger partial charge in [0.25, 0.3) is 10.2 Å². The third-order valence-electron chi connectivity index (χ3n) is 3.95. The Bertz CT molecular complexity index is 613. The minimum Gasteiger partial charge on any atom is -0.478 e. The maximum Gasteiger partial charge on any atom is 0.335 e. The van der Waals surface area contributed by atoms with Gasteiger partial charge in [-0.15, -0.1) is 0 Å². The molecule has 1 aliphatic heterocycles. The summed E-state index contributed by atoms with van der Waals surface area (Å²) >= 11 is 0. The van der Waals surface area contributed by atoms with Crippen LogP contribution in [0.25, 0.3) is 0 Å². The molecule has 122 valence electrons. The van der Waals surface area contributed by atoms with Gasteiger partial charge in [-0.05, 0) is 43.9 Å². The number of carboxylic acid groups (broad SMARTS) is 1. The number of piperidine rings is 1. The molecule has 0 spiro atoms. The van der Waals surface area contributed by atoms with Crippen LogP contribution in [0.15, 0.2) is 24.3 Å². The minimum absolute atomic E-state index is 0.0427. The fourth-order valence-electron chi connectivity index (χ4n) is 2.65. The molecule has 0 amide bonds. The molecular formula is C15H22N2O4S. The highest BCUT2D eigenvalue weighted by molar-refractivity contribution is 7.87. The van der Waals surface area contributed by atoms with Crippen LogP contribution in [-0.2, 0) is 16.6 Å². The lowest BCUT2D eigenvalue weighted by Crippen LogP contribution is -2.48. The van der Waals surface area contributed by atoms with Crippen LogP contribution in [-0.4, -0.2) is 42.9 Å². The molecule has 6 nitrogen and oxygen atoms in total. The molecule has 1 heterocycles. The molecule has 0 radical (unpaired) electrons. The number of carboxylic acids is 1. The van der Waals surface area contributed by atoms with E-state index in [4.69, 9.17) is 5.11 Å². The van der Waals surface area contributed by atoms with Crippen LogP contribution in [0, 0.1) is 0 Å². The van der Waals surface area contributed by atoms with Crippen molar-refractivity contribution in [2.24, 2.45) is 0 Å². The molecule has 1 fully saturated rings. The SMILES string of the molecule is CC1CCCCN1S(=O)(=O)NCCc1ccc(C(=O)O)cc1. The average Bonchev–Trinajstić information content (AvgIpc) is 2.48. The van der Waals surface area contributed by atoms with Gasteiger partial charge in [0.05, 0.1) is 5.56 Å². The fourth-order valence-corrected chi connectivity index (χ4v) is 4.12. The minimum atomic E-state index is -3.44. The zero-order chi connectivity index (χ0) is 16.2. The quantitative estimate of drug-likeness (QED) is 0.832. The molecule has 0 saturated carbocycles. The van der Waals surface area contributed by atoms with Gasteiger partial charge in [-0.2, -0.15) is 12.7 Å². The van der Waals surface area contributed by atoms with E-state index in [2.05, 4.69) is 4.72 Å². The van der Waals surface area contributed by atoms with Crippen molar-refractivity contribution in [2.45, 2.75) is 38.6 Å². The van der Waals surface area contributed by atoms with Gasteiger partial charge < -0.3 is 5.11 Å². The van der Waals surface area contributed by atoms with E-state index < -0.39 is 16.2 Å². The van der Waals surface area contributed by atoms with Crippen LogP contribution in [0.1, 0.15) is 42.1 Å². The molecule has 22 heavy (non-hydrogen) atoms. The molecule has 1 saturated heterocycles. The van der Waals surface area contributed by atoms with Crippen LogP contribution >= 0.6 is 0 Å². The first-order valence-corrected chi connectivity index (χ1v) is 8.93. The highest BCUT2D eigenvalue weighted by Gasteiger charge is 2.28. The zero-order valence-corrected chi connectivity index (χ0v) is 13.5. The lowest BCUT2D eigenvalue weighted by atomic mass is 10.1. The Morgan fingerprint density at radius 1 is 1.32 bits per heavy atom. The van der Waals surface area contributed by atoms with Crippen molar-refractivity contribution in [3.63, 3.8) is 0 Å². The van der Waals surface area contributed by atoms with E-state index in [1.807, 2.05) is 6.92 Å². The van der Waals surface area contributed by atoms with E-state index in [1.54, 1.807) is 12.1 Å². The fraction of sp³-hybridized carbons (Fsp3) is 0.533. The van der Waals surface area contributed by atoms with E-state index in [0.29, 0.717) is 19.5 Å². The van der Waals surface area contributed by atoms with Gasteiger partial charge in [-0.25, -0.2) is 9.52 Å². The number of nitrogens with one attached hydrogen (secondary N) is 1. The number of aromatic carboxylic acids is 1. The highest BCUT2D eigenvalue weighted by Crippen LogP contribution is 2.19. The standard InChI is InChI=1S/C15H22N2O4S/c1-12-4-2-3-11-17(12)22(20,21)16-10-9-13-5-7-14(8-6-13)15(18)19/h5-8,12,16H,2-4,9-11H2,1H3,(H,18,19). The van der Waals surface area contributed by atoms with E-state index >= 15 is 0 Å². The molecule has 2 N–H and O–H groups in total. The lowest BCUT2D eigenvalue weighted by Gasteiger charge is -2.32. The van der Waals surface area contributed by atoms with Gasteiger partial charge in [0.15, 0.2) is 0 Å². The van der Waals surface area contributed by atoms with Crippen LogP contribution in [0.5, 0.6) is 0 Å². The van der Waals surface area contributed by atoms with Gasteiger partial charge in [0.2, 0.25) is 0 Å². The molecule has 1 aliphatic rings. The Balaban J connectivity index is 1.88. The van der Waals surface area contributed by atoms with Crippen LogP contribution < -0.4 is 4.72 Å². The highest BCUT2D eigenvalue weighted by atomic mass is 32.2. The second-order valence-corrected chi connectivity index (χ2v) is 7.31. The number of nitrogens with zero attached hydrogens (tertiary/aromatic N) is 1. The van der Waals surface area contributed by atoms with Gasteiger partial charge in [0, 0.05) is 19.1 Å². The second-order valence-electron chi connectivity index (χ2n) is 5.61. The van der Waals surface area contributed by atoms with E-state index in [0.717, 1.165) is 24.8 Å². The normalized spacial score (nSPS) is 20.0. The molecule has 0 aliphatic carbocycles. The first kappa shape index (κ1) is 16.9. The molecule has 2 rings (SSSR count). The summed E-state index contributed by atoms with van der Waals surface area (Å²) in [7, 11) is -3.44. The van der Waals surface area contributed by atoms with E-state index in [1.165, 1.54) is 16.4 Å². The number of hydrogen-bond acceptors (Lipinski definition) is 3. The number of hydrogen-bond donors (Lipinski definition) is 2.